The molecule has 1 saturated carbocycles. The van der Waals surface area contributed by atoms with Crippen LogP contribution in [0.3, 0.4) is 0 Å². The lowest BCUT2D eigenvalue weighted by molar-refractivity contribution is 0.299. The minimum atomic E-state index is 0.0736. The van der Waals surface area contributed by atoms with E-state index >= 15 is 0 Å². The summed E-state index contributed by atoms with van der Waals surface area (Å²) in [5.74, 6) is 1.52. The van der Waals surface area contributed by atoms with E-state index < -0.39 is 0 Å². The molecule has 1 aliphatic carbocycles. The Morgan fingerprint density at radius 1 is 1.53 bits per heavy atom. The zero-order valence-corrected chi connectivity index (χ0v) is 8.92. The Kier molecular flexibility index (Phi) is 2.62. The molecule has 0 atom stereocenters. The fraction of sp³-hybridized carbons (Fsp3) is 0.417. The molecule has 0 spiro atoms. The number of nitrogens with one attached hydrogen (secondary N) is 1. The van der Waals surface area contributed by atoms with Crippen molar-refractivity contribution in [2.45, 2.75) is 19.8 Å². The second kappa shape index (κ2) is 3.93. The second-order valence-electron chi connectivity index (χ2n) is 4.17. The van der Waals surface area contributed by atoms with Gasteiger partial charge < -0.3 is 10.5 Å². The molecule has 1 aliphatic rings. The van der Waals surface area contributed by atoms with E-state index in [9.17, 15) is 0 Å². The molecule has 0 aromatic heterocycles. The van der Waals surface area contributed by atoms with Crippen molar-refractivity contribution in [3.63, 3.8) is 0 Å². The predicted molar refractivity (Wildman–Crippen MR) is 60.4 cm³/mol. The average Bonchev–Trinajstić information content (AvgIpc) is 2.99. The summed E-state index contributed by atoms with van der Waals surface area (Å²) < 4.78 is 5.66. The van der Waals surface area contributed by atoms with Crippen LogP contribution in [-0.2, 0) is 0 Å². The van der Waals surface area contributed by atoms with Crippen molar-refractivity contribution in [3.8, 4) is 5.75 Å². The van der Waals surface area contributed by atoms with Crippen LogP contribution in [0, 0.1) is 18.3 Å². The minimum absolute atomic E-state index is 0.0736. The highest BCUT2D eigenvalue weighted by molar-refractivity contribution is 5.97. The van der Waals surface area contributed by atoms with Crippen molar-refractivity contribution in [1.29, 1.82) is 5.41 Å². The number of ether oxygens (including phenoxy) is 1. The first-order valence-corrected chi connectivity index (χ1v) is 5.24. The van der Waals surface area contributed by atoms with Crippen molar-refractivity contribution < 1.29 is 4.74 Å². The van der Waals surface area contributed by atoms with Crippen LogP contribution in [-0.4, -0.2) is 12.4 Å². The molecule has 0 bridgehead atoms. The third-order valence-electron chi connectivity index (χ3n) is 2.60. The van der Waals surface area contributed by atoms with E-state index in [1.165, 1.54) is 12.8 Å². The maximum Gasteiger partial charge on any atom is 0.130 e. The number of aryl methyl sites for hydroxylation is 1. The lowest BCUT2D eigenvalue weighted by Crippen LogP contribution is -2.14. The van der Waals surface area contributed by atoms with E-state index in [1.54, 1.807) is 0 Å². The fourth-order valence-corrected chi connectivity index (χ4v) is 1.47. The third-order valence-corrected chi connectivity index (χ3v) is 2.60. The number of amidine groups is 1. The Hall–Kier alpha value is -1.51. The maximum atomic E-state index is 7.47. The van der Waals surface area contributed by atoms with Gasteiger partial charge in [0.25, 0.3) is 0 Å². The molecule has 0 unspecified atom stereocenters. The van der Waals surface area contributed by atoms with Crippen LogP contribution in [0.2, 0.25) is 0 Å². The molecule has 0 aliphatic heterocycles. The van der Waals surface area contributed by atoms with Gasteiger partial charge in [-0.25, -0.2) is 0 Å². The summed E-state index contributed by atoms with van der Waals surface area (Å²) in [5, 5.41) is 7.47. The highest BCUT2D eigenvalue weighted by Gasteiger charge is 2.22. The van der Waals surface area contributed by atoms with Crippen LogP contribution in [0.1, 0.15) is 24.0 Å². The average molecular weight is 204 g/mol. The van der Waals surface area contributed by atoms with E-state index in [2.05, 4.69) is 0 Å². The Morgan fingerprint density at radius 2 is 2.27 bits per heavy atom. The zero-order valence-electron chi connectivity index (χ0n) is 8.92. The summed E-state index contributed by atoms with van der Waals surface area (Å²) in [5.41, 5.74) is 7.31. The van der Waals surface area contributed by atoms with Gasteiger partial charge in [-0.2, -0.15) is 0 Å². The van der Waals surface area contributed by atoms with Gasteiger partial charge in [0, 0.05) is 0 Å². The summed E-state index contributed by atoms with van der Waals surface area (Å²) in [6.45, 7) is 2.74. The quantitative estimate of drug-likeness (QED) is 0.582. The SMILES string of the molecule is Cc1ccc(OCC2CC2)c(C(=N)N)c1. The van der Waals surface area contributed by atoms with Crippen molar-refractivity contribution in [3.05, 3.63) is 29.3 Å². The monoisotopic (exact) mass is 204 g/mol. The molecule has 3 heteroatoms. The molecule has 80 valence electrons. The number of hydrogen-bond donors (Lipinski definition) is 2. The standard InChI is InChI=1S/C12H16N2O/c1-8-2-5-11(10(6-8)12(13)14)15-7-9-3-4-9/h2,5-6,9H,3-4,7H2,1H3,(H3,13,14). The van der Waals surface area contributed by atoms with E-state index in [1.807, 2.05) is 25.1 Å². The van der Waals surface area contributed by atoms with E-state index in [4.69, 9.17) is 15.9 Å². The smallest absolute Gasteiger partial charge is 0.130 e. The van der Waals surface area contributed by atoms with Gasteiger partial charge in [0.2, 0.25) is 0 Å². The molecular formula is C12H16N2O. The van der Waals surface area contributed by atoms with Crippen molar-refractivity contribution in [2.24, 2.45) is 11.7 Å². The van der Waals surface area contributed by atoms with Gasteiger partial charge in [-0.15, -0.1) is 0 Å². The molecule has 15 heavy (non-hydrogen) atoms. The summed E-state index contributed by atoms with van der Waals surface area (Å²) in [4.78, 5) is 0. The Balaban J connectivity index is 2.15. The van der Waals surface area contributed by atoms with Crippen LogP contribution in [0.5, 0.6) is 5.75 Å². The summed E-state index contributed by atoms with van der Waals surface area (Å²) in [7, 11) is 0. The molecule has 3 N–H and O–H groups in total. The van der Waals surface area contributed by atoms with Gasteiger partial charge in [-0.05, 0) is 37.8 Å². The molecule has 1 fully saturated rings. The Bertz CT molecular complexity index is 383. The number of nitrogens with two attached hydrogens (primary N) is 1. The Labute approximate surface area is 89.8 Å². The van der Waals surface area contributed by atoms with E-state index in [-0.39, 0.29) is 5.84 Å². The largest absolute Gasteiger partial charge is 0.493 e. The van der Waals surface area contributed by atoms with Crippen molar-refractivity contribution in [2.75, 3.05) is 6.61 Å². The normalized spacial score (nSPS) is 15.0. The molecule has 0 radical (unpaired) electrons. The topological polar surface area (TPSA) is 59.1 Å². The van der Waals surface area contributed by atoms with Crippen LogP contribution in [0.15, 0.2) is 18.2 Å². The van der Waals surface area contributed by atoms with Crippen LogP contribution in [0.4, 0.5) is 0 Å². The molecule has 3 nitrogen and oxygen atoms in total. The molecule has 2 rings (SSSR count). The molecular weight excluding hydrogens is 188 g/mol. The van der Waals surface area contributed by atoms with Gasteiger partial charge in [-0.1, -0.05) is 11.6 Å². The number of nitrogen functional groups attached to an aromatic ring is 1. The lowest BCUT2D eigenvalue weighted by Gasteiger charge is -2.10. The van der Waals surface area contributed by atoms with Crippen molar-refractivity contribution >= 4 is 5.84 Å². The first-order valence-electron chi connectivity index (χ1n) is 5.24. The minimum Gasteiger partial charge on any atom is -0.493 e. The molecule has 1 aromatic carbocycles. The molecule has 0 saturated heterocycles. The van der Waals surface area contributed by atoms with Gasteiger partial charge >= 0.3 is 0 Å². The lowest BCUT2D eigenvalue weighted by atomic mass is 10.1. The number of rotatable bonds is 4. The van der Waals surface area contributed by atoms with Gasteiger partial charge in [0.1, 0.15) is 11.6 Å². The maximum absolute atomic E-state index is 7.47. The first kappa shape index (κ1) is 10.0. The molecule has 0 amide bonds. The van der Waals surface area contributed by atoms with Crippen LogP contribution in [0.25, 0.3) is 0 Å². The number of hydrogen-bond acceptors (Lipinski definition) is 2. The summed E-state index contributed by atoms with van der Waals surface area (Å²) >= 11 is 0. The van der Waals surface area contributed by atoms with Gasteiger partial charge in [0.05, 0.1) is 12.2 Å². The highest BCUT2D eigenvalue weighted by atomic mass is 16.5. The van der Waals surface area contributed by atoms with Crippen LogP contribution < -0.4 is 10.5 Å². The predicted octanol–water partition coefficient (Wildman–Crippen LogP) is 2.07. The summed E-state index contributed by atoms with van der Waals surface area (Å²) in [6.07, 6.45) is 2.53. The van der Waals surface area contributed by atoms with Gasteiger partial charge in [0.15, 0.2) is 0 Å². The fourth-order valence-electron chi connectivity index (χ4n) is 1.47. The van der Waals surface area contributed by atoms with Crippen molar-refractivity contribution in [1.82, 2.24) is 0 Å². The Morgan fingerprint density at radius 3 is 2.87 bits per heavy atom. The molecule has 1 aromatic rings. The first-order chi connectivity index (χ1) is 7.16. The second-order valence-corrected chi connectivity index (χ2v) is 4.17. The van der Waals surface area contributed by atoms with E-state index in [0.29, 0.717) is 11.5 Å². The third kappa shape index (κ3) is 2.49. The zero-order chi connectivity index (χ0) is 10.8. The van der Waals surface area contributed by atoms with Gasteiger partial charge in [-0.3, -0.25) is 5.41 Å². The summed E-state index contributed by atoms with van der Waals surface area (Å²) in [6, 6.07) is 5.77. The highest BCUT2D eigenvalue weighted by Crippen LogP contribution is 2.30. The van der Waals surface area contributed by atoms with E-state index in [0.717, 1.165) is 17.9 Å². The van der Waals surface area contributed by atoms with Crippen LogP contribution >= 0.6 is 0 Å². The molecule has 0 heterocycles. The number of benzene rings is 1.